The molecule has 6 heteroatoms. The molecule has 4 rings (SSSR count). The minimum Gasteiger partial charge on any atom is -0.481 e. The summed E-state index contributed by atoms with van der Waals surface area (Å²) in [6, 6.07) is 24.4. The van der Waals surface area contributed by atoms with Crippen LogP contribution in [0.25, 0.3) is 0 Å². The molecular formula is C27H28N4O2. The van der Waals surface area contributed by atoms with Crippen LogP contribution in [0.5, 0.6) is 0 Å². The van der Waals surface area contributed by atoms with Crippen molar-refractivity contribution in [2.75, 3.05) is 23.7 Å². The van der Waals surface area contributed by atoms with Crippen molar-refractivity contribution in [2.45, 2.75) is 31.8 Å². The molecule has 1 aliphatic rings. The minimum absolute atomic E-state index is 0.0301. The lowest BCUT2D eigenvalue weighted by Crippen LogP contribution is -2.44. The first kappa shape index (κ1) is 22.4. The summed E-state index contributed by atoms with van der Waals surface area (Å²) in [5.74, 6) is -0.814. The average Bonchev–Trinajstić information content (AvgIpc) is 2.83. The van der Waals surface area contributed by atoms with Crippen LogP contribution in [0.2, 0.25) is 0 Å². The zero-order chi connectivity index (χ0) is 23.2. The Labute approximate surface area is 194 Å². The normalized spacial score (nSPS) is 15.5. The number of hydrogen-bond acceptors (Lipinski definition) is 5. The van der Waals surface area contributed by atoms with E-state index >= 15 is 0 Å². The fourth-order valence-electron chi connectivity index (χ4n) is 4.36. The topological polar surface area (TPSA) is 97.2 Å². The third-order valence-corrected chi connectivity index (χ3v) is 6.12. The summed E-state index contributed by atoms with van der Waals surface area (Å²) in [5.41, 5.74) is 6.56. The summed E-state index contributed by atoms with van der Waals surface area (Å²) in [7, 11) is 0. The van der Waals surface area contributed by atoms with Gasteiger partial charge >= 0.3 is 5.97 Å². The molecule has 6 nitrogen and oxygen atoms in total. The summed E-state index contributed by atoms with van der Waals surface area (Å²) >= 11 is 0. The van der Waals surface area contributed by atoms with Crippen molar-refractivity contribution in [1.82, 2.24) is 5.32 Å². The number of anilines is 2. The van der Waals surface area contributed by atoms with Gasteiger partial charge in [0, 0.05) is 6.54 Å². The SMILES string of the molecule is Cc1ccc(CCN[C@H](c2ccccc2)[C@H]2CNc3cccc(C#N)c3N2)cc1CC(=O)O. The molecule has 0 bridgehead atoms. The highest BCUT2D eigenvalue weighted by Crippen LogP contribution is 2.33. The summed E-state index contributed by atoms with van der Waals surface area (Å²) < 4.78 is 0. The summed E-state index contributed by atoms with van der Waals surface area (Å²) in [6.45, 7) is 3.41. The van der Waals surface area contributed by atoms with Gasteiger partial charge in [0.25, 0.3) is 0 Å². The van der Waals surface area contributed by atoms with Gasteiger partial charge in [0.15, 0.2) is 0 Å². The maximum absolute atomic E-state index is 11.2. The third-order valence-electron chi connectivity index (χ3n) is 6.12. The molecule has 1 aliphatic heterocycles. The van der Waals surface area contributed by atoms with E-state index in [1.165, 1.54) is 5.56 Å². The van der Waals surface area contributed by atoms with E-state index in [0.717, 1.165) is 47.6 Å². The lowest BCUT2D eigenvalue weighted by atomic mass is 9.95. The van der Waals surface area contributed by atoms with Gasteiger partial charge in [0.2, 0.25) is 0 Å². The number of benzene rings is 3. The molecular weight excluding hydrogens is 412 g/mol. The van der Waals surface area contributed by atoms with E-state index in [4.69, 9.17) is 5.11 Å². The summed E-state index contributed by atoms with van der Waals surface area (Å²) in [5, 5.41) is 29.4. The van der Waals surface area contributed by atoms with Gasteiger partial charge in [-0.25, -0.2) is 0 Å². The lowest BCUT2D eigenvalue weighted by Gasteiger charge is -2.35. The van der Waals surface area contributed by atoms with Gasteiger partial charge in [0.1, 0.15) is 6.07 Å². The first-order valence-electron chi connectivity index (χ1n) is 11.2. The lowest BCUT2D eigenvalue weighted by molar-refractivity contribution is -0.136. The Kier molecular flexibility index (Phi) is 6.92. The Morgan fingerprint density at radius 3 is 2.76 bits per heavy atom. The molecule has 2 atom stereocenters. The predicted octanol–water partition coefficient (Wildman–Crippen LogP) is 4.27. The van der Waals surface area contributed by atoms with Crippen molar-refractivity contribution in [3.8, 4) is 6.07 Å². The molecule has 0 aliphatic carbocycles. The number of carbonyl (C=O) groups is 1. The van der Waals surface area contributed by atoms with Gasteiger partial charge in [-0.3, -0.25) is 4.79 Å². The zero-order valence-corrected chi connectivity index (χ0v) is 18.6. The number of carboxylic acid groups (broad SMARTS) is 1. The van der Waals surface area contributed by atoms with Crippen LogP contribution in [0.15, 0.2) is 66.7 Å². The van der Waals surface area contributed by atoms with Gasteiger partial charge in [0.05, 0.1) is 35.4 Å². The Morgan fingerprint density at radius 2 is 2.00 bits per heavy atom. The Bertz CT molecular complexity index is 1170. The first-order valence-corrected chi connectivity index (χ1v) is 11.2. The monoisotopic (exact) mass is 440 g/mol. The number of rotatable bonds is 8. The molecule has 0 fully saturated rings. The number of nitrogens with zero attached hydrogens (tertiary/aromatic N) is 1. The van der Waals surface area contributed by atoms with Crippen LogP contribution in [0, 0.1) is 18.3 Å². The Morgan fingerprint density at radius 1 is 1.18 bits per heavy atom. The van der Waals surface area contributed by atoms with Crippen molar-refractivity contribution >= 4 is 17.3 Å². The van der Waals surface area contributed by atoms with Gasteiger partial charge in [-0.15, -0.1) is 0 Å². The maximum Gasteiger partial charge on any atom is 0.307 e. The smallest absolute Gasteiger partial charge is 0.307 e. The molecule has 0 spiro atoms. The maximum atomic E-state index is 11.2. The van der Waals surface area contributed by atoms with Gasteiger partial charge < -0.3 is 21.1 Å². The standard InChI is InChI=1S/C27H28N4O2/c1-18-10-11-19(14-22(18)15-25(32)33)12-13-29-26(20-6-3-2-4-7-20)24-17-30-23-9-5-8-21(16-28)27(23)31-24/h2-11,14,24,26,29-31H,12-13,15,17H2,1H3,(H,32,33)/t24-,26-/m1/s1. The Balaban J connectivity index is 1.50. The van der Waals surface area contributed by atoms with Crippen molar-refractivity contribution in [1.29, 1.82) is 5.26 Å². The van der Waals surface area contributed by atoms with E-state index in [0.29, 0.717) is 5.56 Å². The van der Waals surface area contributed by atoms with Gasteiger partial charge in [-0.2, -0.15) is 5.26 Å². The highest BCUT2D eigenvalue weighted by molar-refractivity contribution is 5.77. The van der Waals surface area contributed by atoms with Gasteiger partial charge in [-0.05, 0) is 54.3 Å². The number of nitrogens with one attached hydrogen (secondary N) is 3. The molecule has 33 heavy (non-hydrogen) atoms. The highest BCUT2D eigenvalue weighted by Gasteiger charge is 2.27. The third kappa shape index (κ3) is 5.33. The zero-order valence-electron chi connectivity index (χ0n) is 18.6. The van der Waals surface area contributed by atoms with Crippen molar-refractivity contribution < 1.29 is 9.90 Å². The first-order chi connectivity index (χ1) is 16.0. The number of hydrogen-bond donors (Lipinski definition) is 4. The number of carboxylic acids is 1. The molecule has 0 unspecified atom stereocenters. The molecule has 4 N–H and O–H groups in total. The van der Waals surface area contributed by atoms with E-state index in [9.17, 15) is 10.1 Å². The second-order valence-electron chi connectivity index (χ2n) is 8.40. The molecule has 3 aromatic carbocycles. The van der Waals surface area contributed by atoms with Crippen molar-refractivity contribution in [3.05, 3.63) is 94.5 Å². The fraction of sp³-hybridized carbons (Fsp3) is 0.259. The van der Waals surface area contributed by atoms with Gasteiger partial charge in [-0.1, -0.05) is 54.6 Å². The molecule has 3 aromatic rings. The van der Waals surface area contributed by atoms with Crippen LogP contribution in [-0.4, -0.2) is 30.2 Å². The average molecular weight is 441 g/mol. The Hall–Kier alpha value is -3.82. The number of nitriles is 1. The second kappa shape index (κ2) is 10.2. The van der Waals surface area contributed by atoms with Crippen LogP contribution in [0.3, 0.4) is 0 Å². The van der Waals surface area contributed by atoms with E-state index < -0.39 is 5.97 Å². The highest BCUT2D eigenvalue weighted by atomic mass is 16.4. The molecule has 0 amide bonds. The van der Waals surface area contributed by atoms with Crippen molar-refractivity contribution in [2.24, 2.45) is 0 Å². The summed E-state index contributed by atoms with van der Waals surface area (Å²) in [6.07, 6.45) is 0.828. The fourth-order valence-corrected chi connectivity index (χ4v) is 4.36. The second-order valence-corrected chi connectivity index (χ2v) is 8.40. The molecule has 168 valence electrons. The molecule has 0 saturated carbocycles. The minimum atomic E-state index is -0.814. The van der Waals surface area contributed by atoms with Crippen LogP contribution in [0.1, 0.15) is 33.9 Å². The van der Waals surface area contributed by atoms with Crippen LogP contribution >= 0.6 is 0 Å². The number of aliphatic carboxylic acids is 1. The molecule has 0 aromatic heterocycles. The van der Waals surface area contributed by atoms with Crippen LogP contribution in [-0.2, 0) is 17.6 Å². The predicted molar refractivity (Wildman–Crippen MR) is 130 cm³/mol. The molecule has 0 saturated heterocycles. The quantitative estimate of drug-likeness (QED) is 0.418. The van der Waals surface area contributed by atoms with Crippen molar-refractivity contribution in [3.63, 3.8) is 0 Å². The van der Waals surface area contributed by atoms with E-state index in [1.807, 2.05) is 55.5 Å². The van der Waals surface area contributed by atoms with E-state index in [2.05, 4.69) is 40.2 Å². The number of para-hydroxylation sites is 1. The van der Waals surface area contributed by atoms with E-state index in [-0.39, 0.29) is 18.5 Å². The van der Waals surface area contributed by atoms with Crippen LogP contribution < -0.4 is 16.0 Å². The number of fused-ring (bicyclic) bond motifs is 1. The van der Waals surface area contributed by atoms with E-state index in [1.54, 1.807) is 0 Å². The summed E-state index contributed by atoms with van der Waals surface area (Å²) in [4.78, 5) is 11.2. The van der Waals surface area contributed by atoms with Crippen LogP contribution in [0.4, 0.5) is 11.4 Å². The number of aryl methyl sites for hydroxylation is 1. The molecule has 1 heterocycles. The largest absolute Gasteiger partial charge is 0.481 e. The molecule has 0 radical (unpaired) electrons.